The average molecular weight is 346 g/mol. The maximum absolute atomic E-state index is 11.4. The Morgan fingerprint density at radius 1 is 0.917 bits per heavy atom. The minimum atomic E-state index is -1.08. The first-order valence-corrected chi connectivity index (χ1v) is 8.91. The summed E-state index contributed by atoms with van der Waals surface area (Å²) in [4.78, 5) is 11.4. The summed E-state index contributed by atoms with van der Waals surface area (Å²) in [6, 6.07) is 13.8. The highest BCUT2D eigenvalue weighted by molar-refractivity contribution is 7.68. The summed E-state index contributed by atoms with van der Waals surface area (Å²) >= 11 is 0. The van der Waals surface area contributed by atoms with Gasteiger partial charge in [-0.15, -0.1) is 0 Å². The van der Waals surface area contributed by atoms with Crippen molar-refractivity contribution >= 4 is 25.0 Å². The van der Waals surface area contributed by atoms with Gasteiger partial charge in [0.25, 0.3) is 0 Å². The lowest BCUT2D eigenvalue weighted by Crippen LogP contribution is -2.24. The highest BCUT2D eigenvalue weighted by Crippen LogP contribution is 2.42. The number of benzene rings is 2. The van der Waals surface area contributed by atoms with E-state index in [1.54, 1.807) is 14.2 Å². The fourth-order valence-electron chi connectivity index (χ4n) is 2.25. The second-order valence-corrected chi connectivity index (χ2v) is 8.02. The van der Waals surface area contributed by atoms with E-state index in [0.717, 1.165) is 16.9 Å². The Labute approximate surface area is 144 Å². The summed E-state index contributed by atoms with van der Waals surface area (Å²) in [5, 5.41) is 2.02. The molecule has 2 aromatic carbocycles. The molecule has 128 valence electrons. The molecule has 1 unspecified atom stereocenters. The number of aldehydes is 1. The number of hydrogen-bond acceptors (Lipinski definition) is 4. The summed E-state index contributed by atoms with van der Waals surface area (Å²) in [6.45, 7) is 6.08. The fourth-order valence-corrected chi connectivity index (χ4v) is 4.22. The molecule has 5 heteroatoms. The predicted molar refractivity (Wildman–Crippen MR) is 98.4 cm³/mol. The van der Waals surface area contributed by atoms with Gasteiger partial charge in [0.1, 0.15) is 11.5 Å². The third-order valence-electron chi connectivity index (χ3n) is 3.24. The van der Waals surface area contributed by atoms with Crippen LogP contribution in [0.1, 0.15) is 31.1 Å². The lowest BCUT2D eigenvalue weighted by molar-refractivity contribution is 0.111. The zero-order valence-electron chi connectivity index (χ0n) is 14.7. The second kappa shape index (κ2) is 7.78. The van der Waals surface area contributed by atoms with Crippen molar-refractivity contribution in [2.75, 3.05) is 14.2 Å². The number of rotatable bonds is 6. The lowest BCUT2D eigenvalue weighted by Gasteiger charge is -2.28. The van der Waals surface area contributed by atoms with Gasteiger partial charge >= 0.3 is 0 Å². The SMILES string of the molecule is COc1cc(P(OC(C)(C)C)c2ccccc2)cc(OC)c1C=O. The number of methoxy groups -OCH3 is 2. The van der Waals surface area contributed by atoms with Crippen molar-refractivity contribution in [1.29, 1.82) is 0 Å². The van der Waals surface area contributed by atoms with Crippen LogP contribution in [0, 0.1) is 0 Å². The van der Waals surface area contributed by atoms with Gasteiger partial charge in [-0.1, -0.05) is 30.3 Å². The van der Waals surface area contributed by atoms with Crippen LogP contribution in [0.5, 0.6) is 11.5 Å². The molecule has 0 fully saturated rings. The van der Waals surface area contributed by atoms with Crippen molar-refractivity contribution in [3.8, 4) is 11.5 Å². The van der Waals surface area contributed by atoms with Gasteiger partial charge in [-0.2, -0.15) is 0 Å². The molecule has 24 heavy (non-hydrogen) atoms. The molecule has 4 nitrogen and oxygen atoms in total. The van der Waals surface area contributed by atoms with Crippen molar-refractivity contribution in [3.05, 3.63) is 48.0 Å². The Bertz CT molecular complexity index is 667. The summed E-state index contributed by atoms with van der Waals surface area (Å²) in [7, 11) is 2.01. The Balaban J connectivity index is 2.59. The van der Waals surface area contributed by atoms with E-state index in [1.165, 1.54) is 0 Å². The third-order valence-corrected chi connectivity index (χ3v) is 5.46. The number of carbonyl (C=O) groups excluding carboxylic acids is 1. The predicted octanol–water partition coefficient (Wildman–Crippen LogP) is 3.68. The largest absolute Gasteiger partial charge is 0.496 e. The van der Waals surface area contributed by atoms with Gasteiger partial charge in [-0.05, 0) is 32.9 Å². The molecule has 0 aliphatic carbocycles. The van der Waals surface area contributed by atoms with Gasteiger partial charge in [-0.3, -0.25) is 4.79 Å². The van der Waals surface area contributed by atoms with Gasteiger partial charge in [0.2, 0.25) is 0 Å². The smallest absolute Gasteiger partial charge is 0.157 e. The van der Waals surface area contributed by atoms with Crippen LogP contribution < -0.4 is 20.1 Å². The van der Waals surface area contributed by atoms with E-state index >= 15 is 0 Å². The highest BCUT2D eigenvalue weighted by atomic mass is 31.1. The molecule has 0 saturated heterocycles. The van der Waals surface area contributed by atoms with Crippen LogP contribution in [0.25, 0.3) is 0 Å². The normalized spacial score (nSPS) is 12.5. The quantitative estimate of drug-likeness (QED) is 0.591. The average Bonchev–Trinajstić information content (AvgIpc) is 2.58. The molecule has 0 amide bonds. The fraction of sp³-hybridized carbons (Fsp3) is 0.316. The molecule has 0 N–H and O–H groups in total. The van der Waals surface area contributed by atoms with E-state index in [-0.39, 0.29) is 5.60 Å². The molecule has 0 spiro atoms. The minimum absolute atomic E-state index is 0.314. The molecule has 2 rings (SSSR count). The first-order chi connectivity index (χ1) is 11.4. The van der Waals surface area contributed by atoms with Crippen LogP contribution in [-0.2, 0) is 4.52 Å². The van der Waals surface area contributed by atoms with E-state index in [4.69, 9.17) is 14.0 Å². The first-order valence-electron chi connectivity index (χ1n) is 7.65. The molecule has 0 saturated carbocycles. The maximum atomic E-state index is 11.4. The van der Waals surface area contributed by atoms with Crippen molar-refractivity contribution in [2.45, 2.75) is 26.4 Å². The Morgan fingerprint density at radius 2 is 1.46 bits per heavy atom. The van der Waals surface area contributed by atoms with Crippen LogP contribution in [0.2, 0.25) is 0 Å². The van der Waals surface area contributed by atoms with Gasteiger partial charge in [-0.25, -0.2) is 0 Å². The Kier molecular flexibility index (Phi) is 5.98. The molecule has 0 bridgehead atoms. The Morgan fingerprint density at radius 3 is 1.88 bits per heavy atom. The molecule has 0 aliphatic rings. The molecule has 2 aromatic rings. The standard InChI is InChI=1S/C19H23O4P/c1-19(2,3)23-24(14-9-7-6-8-10-14)15-11-17(21-4)16(13-20)18(12-15)22-5/h6-13H,1-5H3. The van der Waals surface area contributed by atoms with Gasteiger partial charge in [0.05, 0.1) is 33.5 Å². The van der Waals surface area contributed by atoms with E-state index < -0.39 is 8.15 Å². The second-order valence-electron chi connectivity index (χ2n) is 6.22. The summed E-state index contributed by atoms with van der Waals surface area (Å²) in [5.74, 6) is 0.973. The van der Waals surface area contributed by atoms with Gasteiger partial charge in [0, 0.05) is 10.6 Å². The van der Waals surface area contributed by atoms with Crippen LogP contribution in [0.15, 0.2) is 42.5 Å². The van der Waals surface area contributed by atoms with E-state index in [9.17, 15) is 4.79 Å². The Hall–Kier alpha value is -1.90. The van der Waals surface area contributed by atoms with Crippen molar-refractivity contribution in [2.24, 2.45) is 0 Å². The number of ether oxygens (including phenoxy) is 2. The van der Waals surface area contributed by atoms with Gasteiger partial charge in [0.15, 0.2) is 6.29 Å². The van der Waals surface area contributed by atoms with Crippen LogP contribution in [0.3, 0.4) is 0 Å². The first kappa shape index (κ1) is 18.4. The van der Waals surface area contributed by atoms with E-state index in [0.29, 0.717) is 17.1 Å². The summed E-state index contributed by atoms with van der Waals surface area (Å²) < 4.78 is 17.1. The van der Waals surface area contributed by atoms with E-state index in [1.807, 2.05) is 63.2 Å². The summed E-state index contributed by atoms with van der Waals surface area (Å²) in [5.41, 5.74) is 0.0910. The molecule has 0 radical (unpaired) electrons. The molecule has 0 heterocycles. The number of hydrogen-bond donors (Lipinski definition) is 0. The minimum Gasteiger partial charge on any atom is -0.496 e. The molecule has 1 atom stereocenters. The van der Waals surface area contributed by atoms with Crippen molar-refractivity contribution < 1.29 is 18.8 Å². The number of carbonyl (C=O) groups is 1. The molecule has 0 aliphatic heterocycles. The lowest BCUT2D eigenvalue weighted by atomic mass is 10.2. The molecular weight excluding hydrogens is 323 g/mol. The zero-order chi connectivity index (χ0) is 17.7. The zero-order valence-corrected chi connectivity index (χ0v) is 15.6. The molecule has 0 aromatic heterocycles. The summed E-state index contributed by atoms with van der Waals surface area (Å²) in [6.07, 6.45) is 0.747. The van der Waals surface area contributed by atoms with Crippen molar-refractivity contribution in [1.82, 2.24) is 0 Å². The van der Waals surface area contributed by atoms with Crippen LogP contribution in [0.4, 0.5) is 0 Å². The monoisotopic (exact) mass is 346 g/mol. The molecular formula is C19H23O4P. The van der Waals surface area contributed by atoms with E-state index in [2.05, 4.69) is 0 Å². The highest BCUT2D eigenvalue weighted by Gasteiger charge is 2.25. The topological polar surface area (TPSA) is 44.8 Å². The van der Waals surface area contributed by atoms with Crippen LogP contribution in [-0.4, -0.2) is 26.1 Å². The van der Waals surface area contributed by atoms with Gasteiger partial charge < -0.3 is 14.0 Å². The third kappa shape index (κ3) is 4.34. The van der Waals surface area contributed by atoms with Crippen molar-refractivity contribution in [3.63, 3.8) is 0 Å². The maximum Gasteiger partial charge on any atom is 0.157 e. The van der Waals surface area contributed by atoms with Crippen LogP contribution >= 0.6 is 8.15 Å².